The van der Waals surface area contributed by atoms with E-state index in [1.807, 2.05) is 18.2 Å². The lowest BCUT2D eigenvalue weighted by Gasteiger charge is -2.14. The van der Waals surface area contributed by atoms with Crippen molar-refractivity contribution in [1.82, 2.24) is 15.1 Å². The van der Waals surface area contributed by atoms with Crippen LogP contribution in [0.1, 0.15) is 5.89 Å². The lowest BCUT2D eigenvalue weighted by atomic mass is 10.2. The van der Waals surface area contributed by atoms with E-state index in [1.165, 1.54) is 0 Å². The first-order chi connectivity index (χ1) is 12.5. The highest BCUT2D eigenvalue weighted by atomic mass is 35.5. The maximum absolute atomic E-state index is 12.1. The fourth-order valence-electron chi connectivity index (χ4n) is 2.36. The molecule has 3 rings (SSSR count). The van der Waals surface area contributed by atoms with Gasteiger partial charge in [-0.3, -0.25) is 9.69 Å². The molecule has 2 aromatic carbocycles. The van der Waals surface area contributed by atoms with Crippen molar-refractivity contribution < 1.29 is 9.21 Å². The second kappa shape index (κ2) is 8.31. The second-order valence-electron chi connectivity index (χ2n) is 5.71. The maximum Gasteiger partial charge on any atom is 0.249 e. The molecule has 0 saturated heterocycles. The summed E-state index contributed by atoms with van der Waals surface area (Å²) in [5.41, 5.74) is 1.32. The summed E-state index contributed by atoms with van der Waals surface area (Å²) in [6, 6.07) is 14.2. The Labute approximate surface area is 160 Å². The Morgan fingerprint density at radius 1 is 1.15 bits per heavy atom. The summed E-state index contributed by atoms with van der Waals surface area (Å²) < 4.78 is 5.64. The van der Waals surface area contributed by atoms with Gasteiger partial charge >= 0.3 is 0 Å². The standard InChI is InChI=1S/C18H16Cl2N4O2/c1-24(10-16(25)21-13-6-4-5-12(19)9-13)11-17-22-23-18(26-17)14-7-2-3-8-15(14)20/h2-9H,10-11H2,1H3,(H,21,25). The van der Waals surface area contributed by atoms with Crippen LogP contribution in [0.2, 0.25) is 10.0 Å². The molecular formula is C18H16Cl2N4O2. The average molecular weight is 391 g/mol. The molecule has 0 saturated carbocycles. The van der Waals surface area contributed by atoms with Crippen LogP contribution in [-0.2, 0) is 11.3 Å². The van der Waals surface area contributed by atoms with Gasteiger partial charge in [0.1, 0.15) is 0 Å². The largest absolute Gasteiger partial charge is 0.419 e. The van der Waals surface area contributed by atoms with E-state index in [9.17, 15) is 4.79 Å². The SMILES string of the molecule is CN(CC(=O)Nc1cccc(Cl)c1)Cc1nnc(-c2ccccc2Cl)o1. The van der Waals surface area contributed by atoms with Crippen LogP contribution in [0.25, 0.3) is 11.5 Å². The molecule has 8 heteroatoms. The third kappa shape index (κ3) is 4.82. The Morgan fingerprint density at radius 2 is 1.96 bits per heavy atom. The number of carbonyl (C=O) groups excluding carboxylic acids is 1. The number of nitrogens with one attached hydrogen (secondary N) is 1. The number of aromatic nitrogens is 2. The zero-order valence-corrected chi connectivity index (χ0v) is 15.5. The van der Waals surface area contributed by atoms with Crippen LogP contribution in [0.5, 0.6) is 0 Å². The minimum absolute atomic E-state index is 0.163. The Balaban J connectivity index is 1.57. The molecule has 0 aliphatic rings. The molecule has 3 aromatic rings. The van der Waals surface area contributed by atoms with E-state index in [0.29, 0.717) is 39.6 Å². The highest BCUT2D eigenvalue weighted by molar-refractivity contribution is 6.33. The highest BCUT2D eigenvalue weighted by Gasteiger charge is 2.14. The molecule has 0 unspecified atom stereocenters. The van der Waals surface area contributed by atoms with Crippen LogP contribution in [0.4, 0.5) is 5.69 Å². The summed E-state index contributed by atoms with van der Waals surface area (Å²) in [6.45, 7) is 0.497. The van der Waals surface area contributed by atoms with Crippen molar-refractivity contribution in [3.63, 3.8) is 0 Å². The Morgan fingerprint density at radius 3 is 2.73 bits per heavy atom. The van der Waals surface area contributed by atoms with Crippen molar-refractivity contribution in [3.05, 3.63) is 64.5 Å². The van der Waals surface area contributed by atoms with Gasteiger partial charge in [-0.1, -0.05) is 41.4 Å². The van der Waals surface area contributed by atoms with Gasteiger partial charge in [-0.05, 0) is 37.4 Å². The molecule has 134 valence electrons. The molecule has 0 spiro atoms. The lowest BCUT2D eigenvalue weighted by Crippen LogP contribution is -2.29. The molecule has 0 radical (unpaired) electrons. The topological polar surface area (TPSA) is 71.3 Å². The molecule has 1 aromatic heterocycles. The first kappa shape index (κ1) is 18.4. The fourth-order valence-corrected chi connectivity index (χ4v) is 2.77. The van der Waals surface area contributed by atoms with Gasteiger partial charge in [-0.15, -0.1) is 10.2 Å². The highest BCUT2D eigenvalue weighted by Crippen LogP contribution is 2.26. The number of carbonyl (C=O) groups is 1. The van der Waals surface area contributed by atoms with Gasteiger partial charge < -0.3 is 9.73 Å². The number of amides is 1. The van der Waals surface area contributed by atoms with E-state index < -0.39 is 0 Å². The molecule has 0 aliphatic carbocycles. The van der Waals surface area contributed by atoms with Gasteiger partial charge in [-0.2, -0.15) is 0 Å². The third-order valence-electron chi connectivity index (χ3n) is 3.50. The second-order valence-corrected chi connectivity index (χ2v) is 6.56. The van der Waals surface area contributed by atoms with E-state index in [1.54, 1.807) is 42.3 Å². The summed E-state index contributed by atoms with van der Waals surface area (Å²) in [7, 11) is 1.79. The number of nitrogens with zero attached hydrogens (tertiary/aromatic N) is 3. The fraction of sp³-hybridized carbons (Fsp3) is 0.167. The molecule has 0 aliphatic heterocycles. The van der Waals surface area contributed by atoms with Crippen LogP contribution in [0.3, 0.4) is 0 Å². The minimum Gasteiger partial charge on any atom is -0.419 e. The summed E-state index contributed by atoms with van der Waals surface area (Å²) in [4.78, 5) is 13.9. The van der Waals surface area contributed by atoms with Crippen molar-refractivity contribution in [3.8, 4) is 11.5 Å². The zero-order chi connectivity index (χ0) is 18.5. The molecule has 6 nitrogen and oxygen atoms in total. The van der Waals surface area contributed by atoms with E-state index in [0.717, 1.165) is 0 Å². The average Bonchev–Trinajstić information content (AvgIpc) is 3.03. The molecule has 1 amide bonds. The third-order valence-corrected chi connectivity index (χ3v) is 4.06. The first-order valence-corrected chi connectivity index (χ1v) is 8.58. The number of hydrogen-bond donors (Lipinski definition) is 1. The Hall–Kier alpha value is -2.41. The predicted molar refractivity (Wildman–Crippen MR) is 101 cm³/mol. The van der Waals surface area contributed by atoms with E-state index >= 15 is 0 Å². The molecule has 1 N–H and O–H groups in total. The molecule has 0 fully saturated rings. The summed E-state index contributed by atoms with van der Waals surface area (Å²) in [6.07, 6.45) is 0. The van der Waals surface area contributed by atoms with Gasteiger partial charge in [0.2, 0.25) is 17.7 Å². The number of halogens is 2. The number of likely N-dealkylation sites (N-methyl/N-ethyl adjacent to an activating group) is 1. The smallest absolute Gasteiger partial charge is 0.249 e. The Kier molecular flexibility index (Phi) is 5.88. The summed E-state index contributed by atoms with van der Waals surface area (Å²) in [5.74, 6) is 0.584. The van der Waals surface area contributed by atoms with Gasteiger partial charge in [0.05, 0.1) is 23.7 Å². The van der Waals surface area contributed by atoms with Crippen molar-refractivity contribution >= 4 is 34.8 Å². The normalized spacial score (nSPS) is 10.9. The minimum atomic E-state index is -0.166. The number of rotatable bonds is 6. The van der Waals surface area contributed by atoms with Crippen molar-refractivity contribution in [2.75, 3.05) is 18.9 Å². The van der Waals surface area contributed by atoms with E-state index in [4.69, 9.17) is 27.6 Å². The molecular weight excluding hydrogens is 375 g/mol. The van der Waals surface area contributed by atoms with Crippen LogP contribution in [-0.4, -0.2) is 34.6 Å². The van der Waals surface area contributed by atoms with Gasteiger partial charge in [0.15, 0.2) is 0 Å². The van der Waals surface area contributed by atoms with Crippen LogP contribution in [0.15, 0.2) is 52.9 Å². The maximum atomic E-state index is 12.1. The quantitative estimate of drug-likeness (QED) is 0.685. The molecule has 0 atom stereocenters. The lowest BCUT2D eigenvalue weighted by molar-refractivity contribution is -0.117. The molecule has 0 bridgehead atoms. The number of benzene rings is 2. The number of anilines is 1. The van der Waals surface area contributed by atoms with Crippen LogP contribution in [0, 0.1) is 0 Å². The van der Waals surface area contributed by atoms with E-state index in [-0.39, 0.29) is 12.5 Å². The van der Waals surface area contributed by atoms with Crippen molar-refractivity contribution in [2.24, 2.45) is 0 Å². The van der Waals surface area contributed by atoms with Crippen LogP contribution >= 0.6 is 23.2 Å². The monoisotopic (exact) mass is 390 g/mol. The molecule has 26 heavy (non-hydrogen) atoms. The van der Waals surface area contributed by atoms with Gasteiger partial charge in [0, 0.05) is 10.7 Å². The van der Waals surface area contributed by atoms with E-state index in [2.05, 4.69) is 15.5 Å². The predicted octanol–water partition coefficient (Wildman–Crippen LogP) is 4.11. The van der Waals surface area contributed by atoms with Gasteiger partial charge in [0.25, 0.3) is 0 Å². The van der Waals surface area contributed by atoms with Crippen molar-refractivity contribution in [2.45, 2.75) is 6.54 Å². The first-order valence-electron chi connectivity index (χ1n) is 7.82. The van der Waals surface area contributed by atoms with Crippen molar-refractivity contribution in [1.29, 1.82) is 0 Å². The zero-order valence-electron chi connectivity index (χ0n) is 13.9. The summed E-state index contributed by atoms with van der Waals surface area (Å²) >= 11 is 12.0. The molecule has 1 heterocycles. The van der Waals surface area contributed by atoms with Gasteiger partial charge in [-0.25, -0.2) is 0 Å². The number of hydrogen-bond acceptors (Lipinski definition) is 5. The van der Waals surface area contributed by atoms with Crippen LogP contribution < -0.4 is 5.32 Å². The Bertz CT molecular complexity index is 913. The summed E-state index contributed by atoms with van der Waals surface area (Å²) in [5, 5.41) is 11.9.